The van der Waals surface area contributed by atoms with E-state index in [4.69, 9.17) is 0 Å². The van der Waals surface area contributed by atoms with E-state index in [1.165, 1.54) is 18.6 Å². The highest BCUT2D eigenvalue weighted by Gasteiger charge is 2.16. The van der Waals surface area contributed by atoms with Gasteiger partial charge in [-0.05, 0) is 63.3 Å². The Morgan fingerprint density at radius 2 is 2.05 bits per heavy atom. The zero-order valence-corrected chi connectivity index (χ0v) is 11.5. The van der Waals surface area contributed by atoms with Gasteiger partial charge in [0.1, 0.15) is 11.6 Å². The van der Waals surface area contributed by atoms with Crippen molar-refractivity contribution in [2.45, 2.75) is 39.2 Å². The summed E-state index contributed by atoms with van der Waals surface area (Å²) in [7, 11) is 0. The van der Waals surface area contributed by atoms with Crippen molar-refractivity contribution in [2.24, 2.45) is 5.92 Å². The normalized spacial score (nSPS) is 20.5. The standard InChI is InChI=1S/C16H21F2N/c1-11-8-16(18)14(9-15(11)17)12(2)19-10-13-6-4-3-5-7-13/h3-4,8-9,12-13,19H,5-7,10H2,1-2H3. The monoisotopic (exact) mass is 265 g/mol. The van der Waals surface area contributed by atoms with Gasteiger partial charge in [0.2, 0.25) is 0 Å². The molecule has 1 nitrogen and oxygen atoms in total. The van der Waals surface area contributed by atoms with Crippen LogP contribution in [0.25, 0.3) is 0 Å². The minimum Gasteiger partial charge on any atom is -0.310 e. The molecule has 0 amide bonds. The second-order valence-electron chi connectivity index (χ2n) is 5.40. The van der Waals surface area contributed by atoms with Gasteiger partial charge >= 0.3 is 0 Å². The number of halogens is 2. The molecule has 0 bridgehead atoms. The Morgan fingerprint density at radius 3 is 2.74 bits per heavy atom. The van der Waals surface area contributed by atoms with Gasteiger partial charge in [-0.3, -0.25) is 0 Å². The molecule has 0 spiro atoms. The van der Waals surface area contributed by atoms with Gasteiger partial charge in [0.15, 0.2) is 0 Å². The van der Waals surface area contributed by atoms with Crippen molar-refractivity contribution in [1.82, 2.24) is 5.32 Å². The fourth-order valence-electron chi connectivity index (χ4n) is 2.49. The zero-order chi connectivity index (χ0) is 13.8. The number of hydrogen-bond acceptors (Lipinski definition) is 1. The molecule has 2 atom stereocenters. The summed E-state index contributed by atoms with van der Waals surface area (Å²) < 4.78 is 27.3. The minimum atomic E-state index is -0.342. The summed E-state index contributed by atoms with van der Waals surface area (Å²) in [5.41, 5.74) is 0.764. The Bertz CT molecular complexity index is 468. The molecule has 2 rings (SSSR count). The summed E-state index contributed by atoms with van der Waals surface area (Å²) in [6, 6.07) is 2.41. The van der Waals surface area contributed by atoms with Crippen molar-refractivity contribution < 1.29 is 8.78 Å². The van der Waals surface area contributed by atoms with Crippen molar-refractivity contribution in [1.29, 1.82) is 0 Å². The molecule has 0 heterocycles. The zero-order valence-electron chi connectivity index (χ0n) is 11.5. The molecule has 1 aromatic rings. The number of nitrogens with one attached hydrogen (secondary N) is 1. The molecule has 104 valence electrons. The van der Waals surface area contributed by atoms with E-state index in [2.05, 4.69) is 17.5 Å². The van der Waals surface area contributed by atoms with Gasteiger partial charge in [-0.2, -0.15) is 0 Å². The van der Waals surface area contributed by atoms with Gasteiger partial charge < -0.3 is 5.32 Å². The van der Waals surface area contributed by atoms with Gasteiger partial charge in [0.05, 0.1) is 0 Å². The molecule has 0 aliphatic heterocycles. The Labute approximate surface area is 113 Å². The smallest absolute Gasteiger partial charge is 0.128 e. The fraction of sp³-hybridized carbons (Fsp3) is 0.500. The summed E-state index contributed by atoms with van der Waals surface area (Å²) in [6.45, 7) is 4.31. The van der Waals surface area contributed by atoms with E-state index in [0.717, 1.165) is 19.4 Å². The van der Waals surface area contributed by atoms with Crippen LogP contribution in [0.2, 0.25) is 0 Å². The van der Waals surface area contributed by atoms with Crippen molar-refractivity contribution in [3.05, 3.63) is 47.0 Å². The molecule has 2 unspecified atom stereocenters. The highest BCUT2D eigenvalue weighted by molar-refractivity contribution is 5.27. The van der Waals surface area contributed by atoms with E-state index >= 15 is 0 Å². The molecule has 1 aliphatic rings. The van der Waals surface area contributed by atoms with E-state index in [9.17, 15) is 8.78 Å². The Kier molecular flexibility index (Phi) is 4.70. The van der Waals surface area contributed by atoms with Crippen LogP contribution in [0, 0.1) is 24.5 Å². The van der Waals surface area contributed by atoms with E-state index in [1.54, 1.807) is 6.92 Å². The van der Waals surface area contributed by atoms with Crippen molar-refractivity contribution in [3.63, 3.8) is 0 Å². The largest absolute Gasteiger partial charge is 0.310 e. The third kappa shape index (κ3) is 3.63. The summed E-state index contributed by atoms with van der Waals surface area (Å²) in [4.78, 5) is 0. The van der Waals surface area contributed by atoms with Crippen molar-refractivity contribution in [2.75, 3.05) is 6.54 Å². The SMILES string of the molecule is Cc1cc(F)c(C(C)NCC2CC=CCC2)cc1F. The van der Waals surface area contributed by atoms with E-state index in [1.807, 2.05) is 6.92 Å². The van der Waals surface area contributed by atoms with Gasteiger partial charge in [0, 0.05) is 11.6 Å². The minimum absolute atomic E-state index is 0.166. The predicted octanol–water partition coefficient (Wildman–Crippen LogP) is 4.28. The lowest BCUT2D eigenvalue weighted by Gasteiger charge is -2.22. The fourth-order valence-corrected chi connectivity index (χ4v) is 2.49. The van der Waals surface area contributed by atoms with Gasteiger partial charge in [-0.1, -0.05) is 12.2 Å². The highest BCUT2D eigenvalue weighted by atomic mass is 19.1. The highest BCUT2D eigenvalue weighted by Crippen LogP contribution is 2.22. The van der Waals surface area contributed by atoms with Crippen LogP contribution in [0.1, 0.15) is 43.4 Å². The van der Waals surface area contributed by atoms with E-state index in [-0.39, 0.29) is 17.7 Å². The van der Waals surface area contributed by atoms with Crippen LogP contribution in [-0.2, 0) is 0 Å². The average molecular weight is 265 g/mol. The molecule has 3 heteroatoms. The second-order valence-corrected chi connectivity index (χ2v) is 5.40. The van der Waals surface area contributed by atoms with E-state index in [0.29, 0.717) is 17.0 Å². The first kappa shape index (κ1) is 14.2. The summed E-state index contributed by atoms with van der Waals surface area (Å²) in [5, 5.41) is 3.32. The summed E-state index contributed by atoms with van der Waals surface area (Å²) >= 11 is 0. The van der Waals surface area contributed by atoms with Crippen molar-refractivity contribution in [3.8, 4) is 0 Å². The van der Waals surface area contributed by atoms with Crippen LogP contribution in [0.15, 0.2) is 24.3 Å². The van der Waals surface area contributed by atoms with Gasteiger partial charge in [-0.25, -0.2) is 8.78 Å². The van der Waals surface area contributed by atoms with Crippen LogP contribution < -0.4 is 5.32 Å². The second kappa shape index (κ2) is 6.29. The summed E-state index contributed by atoms with van der Waals surface area (Å²) in [5.74, 6) is -0.0705. The molecule has 1 N–H and O–H groups in total. The molecule has 0 radical (unpaired) electrons. The quantitative estimate of drug-likeness (QED) is 0.801. The topological polar surface area (TPSA) is 12.0 Å². The third-order valence-electron chi connectivity index (χ3n) is 3.83. The lowest BCUT2D eigenvalue weighted by Crippen LogP contribution is -2.27. The molecule has 19 heavy (non-hydrogen) atoms. The number of benzene rings is 1. The van der Waals surface area contributed by atoms with Crippen LogP contribution in [0.4, 0.5) is 8.78 Å². The van der Waals surface area contributed by atoms with Crippen LogP contribution in [0.3, 0.4) is 0 Å². The Morgan fingerprint density at radius 1 is 1.26 bits per heavy atom. The molecule has 1 aliphatic carbocycles. The maximum absolute atomic E-state index is 13.8. The Balaban J connectivity index is 1.97. The van der Waals surface area contributed by atoms with Crippen molar-refractivity contribution >= 4 is 0 Å². The van der Waals surface area contributed by atoms with Gasteiger partial charge in [0.25, 0.3) is 0 Å². The van der Waals surface area contributed by atoms with Gasteiger partial charge in [-0.15, -0.1) is 0 Å². The first-order chi connectivity index (χ1) is 9.08. The maximum Gasteiger partial charge on any atom is 0.128 e. The lowest BCUT2D eigenvalue weighted by molar-refractivity contribution is 0.409. The molecule has 0 aromatic heterocycles. The third-order valence-corrected chi connectivity index (χ3v) is 3.83. The number of aryl methyl sites for hydroxylation is 1. The maximum atomic E-state index is 13.8. The van der Waals surface area contributed by atoms with E-state index < -0.39 is 0 Å². The molecule has 0 saturated heterocycles. The van der Waals surface area contributed by atoms with Crippen LogP contribution >= 0.6 is 0 Å². The Hall–Kier alpha value is -1.22. The molecular formula is C16H21F2N. The van der Waals surface area contributed by atoms with Crippen LogP contribution in [0.5, 0.6) is 0 Å². The molecule has 1 aromatic carbocycles. The molecular weight excluding hydrogens is 244 g/mol. The first-order valence-corrected chi connectivity index (χ1v) is 6.92. The number of rotatable bonds is 4. The first-order valence-electron chi connectivity index (χ1n) is 6.92. The number of allylic oxidation sites excluding steroid dienone is 2. The molecule has 0 fully saturated rings. The molecule has 0 saturated carbocycles. The lowest BCUT2D eigenvalue weighted by atomic mass is 9.94. The summed E-state index contributed by atoms with van der Waals surface area (Å²) in [6.07, 6.45) is 7.77. The van der Waals surface area contributed by atoms with Crippen LogP contribution in [-0.4, -0.2) is 6.54 Å². The number of hydrogen-bond donors (Lipinski definition) is 1. The predicted molar refractivity (Wildman–Crippen MR) is 74.0 cm³/mol. The average Bonchev–Trinajstić information content (AvgIpc) is 2.41.